The first-order chi connectivity index (χ1) is 8.66. The maximum absolute atomic E-state index is 6.20. The van der Waals surface area contributed by atoms with Crippen LogP contribution in [0.5, 0.6) is 0 Å². The molecule has 18 heavy (non-hydrogen) atoms. The fraction of sp³-hybridized carbons (Fsp3) is 0. The van der Waals surface area contributed by atoms with E-state index < -0.39 is 0 Å². The first-order valence-electron chi connectivity index (χ1n) is 5.17. The Morgan fingerprint density at radius 2 is 2.06 bits per heavy atom. The molecule has 90 valence electrons. The number of nitrogens with one attached hydrogen (secondary N) is 1. The van der Waals surface area contributed by atoms with Crippen molar-refractivity contribution in [3.63, 3.8) is 0 Å². The number of hydrogen-bond donors (Lipinski definition) is 1. The molecule has 0 saturated carbocycles. The number of H-pyrrole nitrogens is 1. The average molecular weight is 296 g/mol. The predicted molar refractivity (Wildman–Crippen MR) is 76.3 cm³/mol. The predicted octanol–water partition coefficient (Wildman–Crippen LogP) is 4.39. The summed E-state index contributed by atoms with van der Waals surface area (Å²) in [7, 11) is 0. The van der Waals surface area contributed by atoms with Crippen LogP contribution in [0.2, 0.25) is 10.0 Å². The van der Waals surface area contributed by atoms with Gasteiger partial charge in [-0.3, -0.25) is 9.55 Å². The first-order valence-corrected chi connectivity index (χ1v) is 6.33. The summed E-state index contributed by atoms with van der Waals surface area (Å²) in [5, 5.41) is 1.20. The van der Waals surface area contributed by atoms with Gasteiger partial charge in [0.05, 0.1) is 27.9 Å². The summed E-state index contributed by atoms with van der Waals surface area (Å²) in [6.45, 7) is 0. The molecule has 0 aliphatic carbocycles. The van der Waals surface area contributed by atoms with Gasteiger partial charge in [0.15, 0.2) is 4.77 Å². The van der Waals surface area contributed by atoms with Gasteiger partial charge in [0, 0.05) is 11.2 Å². The number of pyridine rings is 1. The van der Waals surface area contributed by atoms with E-state index in [9.17, 15) is 0 Å². The van der Waals surface area contributed by atoms with Crippen LogP contribution in [0.3, 0.4) is 0 Å². The molecular weight excluding hydrogens is 289 g/mol. The van der Waals surface area contributed by atoms with E-state index >= 15 is 0 Å². The van der Waals surface area contributed by atoms with Crippen LogP contribution in [-0.2, 0) is 0 Å². The van der Waals surface area contributed by atoms with Gasteiger partial charge < -0.3 is 4.98 Å². The Hall–Kier alpha value is -1.36. The van der Waals surface area contributed by atoms with E-state index in [1.807, 2.05) is 10.6 Å². The minimum Gasteiger partial charge on any atom is -0.329 e. The molecule has 0 aliphatic rings. The molecular formula is C12H7Cl2N3S. The summed E-state index contributed by atoms with van der Waals surface area (Å²) in [6.07, 6.45) is 3.43. The lowest BCUT2D eigenvalue weighted by atomic mass is 10.3. The summed E-state index contributed by atoms with van der Waals surface area (Å²) >= 11 is 17.5. The number of aromatic nitrogens is 3. The Balaban J connectivity index is 2.41. The molecule has 0 atom stereocenters. The second kappa shape index (κ2) is 4.39. The molecule has 3 rings (SSSR count). The Morgan fingerprint density at radius 1 is 1.22 bits per heavy atom. The summed E-state index contributed by atoms with van der Waals surface area (Å²) in [5.41, 5.74) is 2.53. The van der Waals surface area contributed by atoms with Crippen molar-refractivity contribution in [2.24, 2.45) is 0 Å². The topological polar surface area (TPSA) is 33.6 Å². The largest absolute Gasteiger partial charge is 0.329 e. The van der Waals surface area contributed by atoms with Gasteiger partial charge in [-0.25, -0.2) is 0 Å². The fourth-order valence-corrected chi connectivity index (χ4v) is 2.53. The molecule has 0 aliphatic heterocycles. The van der Waals surface area contributed by atoms with Crippen molar-refractivity contribution < 1.29 is 0 Å². The van der Waals surface area contributed by atoms with Gasteiger partial charge in [0.25, 0.3) is 0 Å². The highest BCUT2D eigenvalue weighted by molar-refractivity contribution is 7.71. The number of aromatic amines is 1. The highest BCUT2D eigenvalue weighted by atomic mass is 35.5. The number of hydrogen-bond acceptors (Lipinski definition) is 2. The SMILES string of the molecule is S=c1[nH]c2cnccc2n1-c1cc(Cl)ccc1Cl. The van der Waals surface area contributed by atoms with Crippen LogP contribution in [0.25, 0.3) is 16.7 Å². The van der Waals surface area contributed by atoms with Crippen molar-refractivity contribution in [3.05, 3.63) is 51.5 Å². The van der Waals surface area contributed by atoms with Crippen molar-refractivity contribution in [3.8, 4) is 5.69 Å². The van der Waals surface area contributed by atoms with Crippen molar-refractivity contribution in [2.75, 3.05) is 0 Å². The second-order valence-corrected chi connectivity index (χ2v) is 4.98. The molecule has 2 aromatic heterocycles. The van der Waals surface area contributed by atoms with Crippen LogP contribution in [-0.4, -0.2) is 14.5 Å². The molecule has 0 radical (unpaired) electrons. The molecule has 3 nitrogen and oxygen atoms in total. The van der Waals surface area contributed by atoms with Crippen LogP contribution in [0.1, 0.15) is 0 Å². The number of fused-ring (bicyclic) bond motifs is 1. The molecule has 0 saturated heterocycles. The third-order valence-corrected chi connectivity index (χ3v) is 3.47. The van der Waals surface area contributed by atoms with Gasteiger partial charge in [-0.1, -0.05) is 23.2 Å². The minimum absolute atomic E-state index is 0.558. The molecule has 0 unspecified atom stereocenters. The zero-order valence-corrected chi connectivity index (χ0v) is 11.4. The Morgan fingerprint density at radius 3 is 2.89 bits per heavy atom. The van der Waals surface area contributed by atoms with E-state index in [2.05, 4.69) is 9.97 Å². The van der Waals surface area contributed by atoms with Crippen molar-refractivity contribution in [2.45, 2.75) is 0 Å². The van der Waals surface area contributed by atoms with Gasteiger partial charge in [-0.2, -0.15) is 0 Å². The van der Waals surface area contributed by atoms with E-state index in [1.54, 1.807) is 30.6 Å². The number of nitrogens with zero attached hydrogens (tertiary/aromatic N) is 2. The van der Waals surface area contributed by atoms with Crippen LogP contribution in [0.4, 0.5) is 0 Å². The zero-order valence-electron chi connectivity index (χ0n) is 9.02. The van der Waals surface area contributed by atoms with Crippen LogP contribution in [0, 0.1) is 4.77 Å². The van der Waals surface area contributed by atoms with Crippen LogP contribution >= 0.6 is 35.4 Å². The fourth-order valence-electron chi connectivity index (χ4n) is 1.86. The van der Waals surface area contributed by atoms with Gasteiger partial charge in [-0.15, -0.1) is 0 Å². The van der Waals surface area contributed by atoms with Crippen LogP contribution < -0.4 is 0 Å². The molecule has 0 fully saturated rings. The van der Waals surface area contributed by atoms with E-state index in [-0.39, 0.29) is 0 Å². The Kier molecular flexibility index (Phi) is 2.86. The number of benzene rings is 1. The minimum atomic E-state index is 0.558. The van der Waals surface area contributed by atoms with E-state index in [0.717, 1.165) is 16.7 Å². The first kappa shape index (κ1) is 11.7. The van der Waals surface area contributed by atoms with E-state index in [1.165, 1.54) is 0 Å². The third kappa shape index (κ3) is 1.82. The highest BCUT2D eigenvalue weighted by Crippen LogP contribution is 2.27. The number of imidazole rings is 1. The molecule has 2 heterocycles. The number of halogens is 2. The van der Waals surface area contributed by atoms with Crippen LogP contribution in [0.15, 0.2) is 36.7 Å². The highest BCUT2D eigenvalue weighted by Gasteiger charge is 2.10. The molecule has 0 amide bonds. The molecule has 1 N–H and O–H groups in total. The standard InChI is InChI=1S/C12H7Cl2N3S/c13-7-1-2-8(14)11(5-7)17-10-3-4-15-6-9(10)16-12(17)18/h1-6H,(H,16,18). The van der Waals surface area contributed by atoms with Crippen molar-refractivity contribution in [1.29, 1.82) is 0 Å². The van der Waals surface area contributed by atoms with Crippen molar-refractivity contribution in [1.82, 2.24) is 14.5 Å². The number of rotatable bonds is 1. The van der Waals surface area contributed by atoms with Gasteiger partial charge in [0.2, 0.25) is 0 Å². The second-order valence-electron chi connectivity index (χ2n) is 3.75. The lowest BCUT2D eigenvalue weighted by Crippen LogP contribution is -1.95. The maximum Gasteiger partial charge on any atom is 0.182 e. The summed E-state index contributed by atoms with van der Waals surface area (Å²) in [6, 6.07) is 7.15. The summed E-state index contributed by atoms with van der Waals surface area (Å²) in [4.78, 5) is 7.14. The Bertz CT molecular complexity index is 791. The van der Waals surface area contributed by atoms with E-state index in [0.29, 0.717) is 14.8 Å². The molecule has 0 bridgehead atoms. The Labute approximate surface area is 118 Å². The van der Waals surface area contributed by atoms with Crippen molar-refractivity contribution >= 4 is 46.5 Å². The van der Waals surface area contributed by atoms with Gasteiger partial charge in [0.1, 0.15) is 0 Å². The smallest absolute Gasteiger partial charge is 0.182 e. The maximum atomic E-state index is 6.20. The third-order valence-electron chi connectivity index (χ3n) is 2.63. The zero-order chi connectivity index (χ0) is 12.7. The normalized spacial score (nSPS) is 11.0. The molecule has 3 aromatic rings. The average Bonchev–Trinajstić information content (AvgIpc) is 2.68. The van der Waals surface area contributed by atoms with Gasteiger partial charge >= 0.3 is 0 Å². The lowest BCUT2D eigenvalue weighted by molar-refractivity contribution is 1.06. The van der Waals surface area contributed by atoms with Gasteiger partial charge in [-0.05, 0) is 36.5 Å². The quantitative estimate of drug-likeness (QED) is 0.676. The molecule has 1 aromatic carbocycles. The van der Waals surface area contributed by atoms with E-state index in [4.69, 9.17) is 35.4 Å². The lowest BCUT2D eigenvalue weighted by Gasteiger charge is -2.07. The summed E-state index contributed by atoms with van der Waals surface area (Å²) < 4.78 is 2.41. The monoisotopic (exact) mass is 295 g/mol. The molecule has 0 spiro atoms. The molecule has 6 heteroatoms. The summed E-state index contributed by atoms with van der Waals surface area (Å²) in [5.74, 6) is 0.